The number of pyridine rings is 1. The van der Waals surface area contributed by atoms with Crippen molar-refractivity contribution in [3.05, 3.63) is 77.1 Å². The molecule has 1 atom stereocenters. The highest BCUT2D eigenvalue weighted by Crippen LogP contribution is 2.38. The van der Waals surface area contributed by atoms with E-state index in [-0.39, 0.29) is 23.9 Å². The smallest absolute Gasteiger partial charge is 0.247 e. The molecule has 2 aromatic heterocycles. The van der Waals surface area contributed by atoms with Crippen LogP contribution in [0.15, 0.2) is 65.7 Å². The van der Waals surface area contributed by atoms with E-state index in [0.29, 0.717) is 40.0 Å². The van der Waals surface area contributed by atoms with Gasteiger partial charge < -0.3 is 4.74 Å². The summed E-state index contributed by atoms with van der Waals surface area (Å²) in [5, 5.41) is 0.907. The van der Waals surface area contributed by atoms with Gasteiger partial charge in [0, 0.05) is 17.8 Å². The first-order valence-corrected chi connectivity index (χ1v) is 14.4. The van der Waals surface area contributed by atoms with E-state index < -0.39 is 16.1 Å². The fraction of sp³-hybridized carbons (Fsp3) is 0.269. The van der Waals surface area contributed by atoms with Crippen molar-refractivity contribution < 1.29 is 17.9 Å². The summed E-state index contributed by atoms with van der Waals surface area (Å²) in [4.78, 5) is 24.9. The van der Waals surface area contributed by atoms with Gasteiger partial charge in [-0.2, -0.15) is 4.31 Å². The van der Waals surface area contributed by atoms with Crippen molar-refractivity contribution in [3.63, 3.8) is 0 Å². The number of rotatable bonds is 7. The molecule has 1 amide bonds. The molecule has 8 nitrogen and oxygen atoms in total. The van der Waals surface area contributed by atoms with Crippen LogP contribution in [0.3, 0.4) is 0 Å². The van der Waals surface area contributed by atoms with Crippen LogP contribution in [0.1, 0.15) is 24.1 Å². The molecule has 0 radical (unpaired) electrons. The van der Waals surface area contributed by atoms with Crippen LogP contribution in [0, 0.1) is 6.92 Å². The van der Waals surface area contributed by atoms with Crippen molar-refractivity contribution in [3.8, 4) is 5.75 Å². The van der Waals surface area contributed by atoms with Gasteiger partial charge >= 0.3 is 0 Å². The van der Waals surface area contributed by atoms with E-state index in [9.17, 15) is 13.2 Å². The fourth-order valence-electron chi connectivity index (χ4n) is 4.47. The van der Waals surface area contributed by atoms with Crippen molar-refractivity contribution in [2.75, 3.05) is 18.6 Å². The number of thiazole rings is 1. The zero-order valence-electron chi connectivity index (χ0n) is 20.3. The molecule has 0 aliphatic carbocycles. The van der Waals surface area contributed by atoms with Crippen molar-refractivity contribution in [2.45, 2.75) is 37.2 Å². The second-order valence-electron chi connectivity index (χ2n) is 8.73. The standard InChI is InChI=1S/C26H25ClN4O4S2/c1-17-8-13-22(35-2)23-24(17)36-26(29-23)30(16-19-6-3-4-14-28-19)25(32)21-7-5-15-31(21)37(33,34)20-11-9-18(27)10-12-20/h3-4,6,8-14,21H,5,7,15-16H2,1-2H3. The molecule has 1 fully saturated rings. The van der Waals surface area contributed by atoms with Crippen LogP contribution in [0.5, 0.6) is 5.75 Å². The Bertz CT molecular complexity index is 1540. The minimum absolute atomic E-state index is 0.105. The summed E-state index contributed by atoms with van der Waals surface area (Å²) in [6.45, 7) is 2.39. The molecule has 1 saturated heterocycles. The predicted molar refractivity (Wildman–Crippen MR) is 145 cm³/mol. The number of ether oxygens (including phenoxy) is 1. The molecule has 4 aromatic rings. The third-order valence-electron chi connectivity index (χ3n) is 6.36. The Hall–Kier alpha value is -3.05. The monoisotopic (exact) mass is 556 g/mol. The van der Waals surface area contributed by atoms with E-state index in [4.69, 9.17) is 21.3 Å². The molecule has 37 heavy (non-hydrogen) atoms. The van der Waals surface area contributed by atoms with Crippen molar-refractivity contribution in [1.82, 2.24) is 14.3 Å². The average Bonchev–Trinajstić information content (AvgIpc) is 3.57. The lowest BCUT2D eigenvalue weighted by molar-refractivity contribution is -0.121. The number of aryl methyl sites for hydroxylation is 1. The van der Waals surface area contributed by atoms with Gasteiger partial charge in [-0.25, -0.2) is 13.4 Å². The van der Waals surface area contributed by atoms with Crippen LogP contribution in [0.2, 0.25) is 5.02 Å². The van der Waals surface area contributed by atoms with Crippen LogP contribution >= 0.6 is 22.9 Å². The molecule has 0 N–H and O–H groups in total. The number of halogens is 1. The van der Waals surface area contributed by atoms with Crippen LogP contribution < -0.4 is 9.64 Å². The molecule has 0 bridgehead atoms. The van der Waals surface area contributed by atoms with E-state index in [0.717, 1.165) is 10.3 Å². The third-order valence-corrected chi connectivity index (χ3v) is 9.75. The zero-order chi connectivity index (χ0) is 26.2. The van der Waals surface area contributed by atoms with Crippen molar-refractivity contribution >= 4 is 54.2 Å². The third kappa shape index (κ3) is 4.94. The number of nitrogens with zero attached hydrogens (tertiary/aromatic N) is 4. The molecular formula is C26H25ClN4O4S2. The number of hydrogen-bond donors (Lipinski definition) is 0. The maximum Gasteiger partial charge on any atom is 0.247 e. The highest BCUT2D eigenvalue weighted by Gasteiger charge is 2.42. The molecule has 3 heterocycles. The van der Waals surface area contributed by atoms with Gasteiger partial charge in [0.25, 0.3) is 0 Å². The number of fused-ring (bicyclic) bond motifs is 1. The summed E-state index contributed by atoms with van der Waals surface area (Å²) in [7, 11) is -2.32. The fourth-order valence-corrected chi connectivity index (χ4v) is 7.30. The van der Waals surface area contributed by atoms with Gasteiger partial charge in [0.2, 0.25) is 15.9 Å². The predicted octanol–water partition coefficient (Wildman–Crippen LogP) is 5.05. The molecule has 1 unspecified atom stereocenters. The number of amides is 1. The summed E-state index contributed by atoms with van der Waals surface area (Å²) < 4.78 is 34.7. The van der Waals surface area contributed by atoms with Crippen LogP contribution in [-0.2, 0) is 21.4 Å². The number of sulfonamides is 1. The second-order valence-corrected chi connectivity index (χ2v) is 12.0. The first kappa shape index (κ1) is 25.6. The first-order chi connectivity index (χ1) is 17.8. The van der Waals surface area contributed by atoms with Gasteiger partial charge in [0.1, 0.15) is 17.3 Å². The Labute approximate surface area is 224 Å². The van der Waals surface area contributed by atoms with E-state index in [1.54, 1.807) is 24.3 Å². The number of carbonyl (C=O) groups is 1. The summed E-state index contributed by atoms with van der Waals surface area (Å²) in [5.41, 5.74) is 2.35. The van der Waals surface area contributed by atoms with Gasteiger partial charge in [-0.3, -0.25) is 14.7 Å². The Kier molecular flexibility index (Phi) is 7.17. The Balaban J connectivity index is 1.55. The molecule has 0 saturated carbocycles. The van der Waals surface area contributed by atoms with Crippen LogP contribution in [0.4, 0.5) is 5.13 Å². The first-order valence-electron chi connectivity index (χ1n) is 11.7. The number of methoxy groups -OCH3 is 1. The largest absolute Gasteiger partial charge is 0.494 e. The van der Waals surface area contributed by atoms with E-state index in [1.807, 2.05) is 31.2 Å². The molecule has 0 spiro atoms. The highest BCUT2D eigenvalue weighted by atomic mass is 35.5. The van der Waals surface area contributed by atoms with E-state index >= 15 is 0 Å². The van der Waals surface area contributed by atoms with Crippen molar-refractivity contribution in [2.24, 2.45) is 0 Å². The van der Waals surface area contributed by atoms with Crippen molar-refractivity contribution in [1.29, 1.82) is 0 Å². The number of benzene rings is 2. The topological polar surface area (TPSA) is 92.7 Å². The maximum absolute atomic E-state index is 14.1. The molecule has 11 heteroatoms. The Morgan fingerprint density at radius 1 is 1.19 bits per heavy atom. The zero-order valence-corrected chi connectivity index (χ0v) is 22.7. The normalized spacial score (nSPS) is 16.2. The molecule has 192 valence electrons. The Morgan fingerprint density at radius 2 is 1.97 bits per heavy atom. The number of aromatic nitrogens is 2. The van der Waals surface area contributed by atoms with Gasteiger partial charge in [-0.1, -0.05) is 35.1 Å². The molecular weight excluding hydrogens is 532 g/mol. The summed E-state index contributed by atoms with van der Waals surface area (Å²) in [5.74, 6) is 0.275. The minimum atomic E-state index is -3.91. The van der Waals surface area contributed by atoms with E-state index in [2.05, 4.69) is 4.98 Å². The Morgan fingerprint density at radius 3 is 2.68 bits per heavy atom. The molecule has 1 aliphatic heterocycles. The number of anilines is 1. The van der Waals surface area contributed by atoms with Crippen LogP contribution in [0.25, 0.3) is 10.2 Å². The van der Waals surface area contributed by atoms with Gasteiger partial charge in [-0.05, 0) is 67.8 Å². The SMILES string of the molecule is COc1ccc(C)c2sc(N(Cc3ccccn3)C(=O)C3CCCN3S(=O)(=O)c3ccc(Cl)cc3)nc12. The molecule has 5 rings (SSSR count). The molecule has 2 aromatic carbocycles. The van der Waals surface area contributed by atoms with Gasteiger partial charge in [0.05, 0.1) is 28.9 Å². The number of hydrogen-bond acceptors (Lipinski definition) is 7. The number of carbonyl (C=O) groups excluding carboxylic acids is 1. The van der Waals surface area contributed by atoms with Gasteiger partial charge in [-0.15, -0.1) is 0 Å². The lowest BCUT2D eigenvalue weighted by atomic mass is 10.2. The second kappa shape index (κ2) is 10.4. The average molecular weight is 557 g/mol. The van der Waals surface area contributed by atoms with Crippen LogP contribution in [-0.4, -0.2) is 48.3 Å². The minimum Gasteiger partial charge on any atom is -0.494 e. The summed E-state index contributed by atoms with van der Waals surface area (Å²) >= 11 is 7.34. The maximum atomic E-state index is 14.1. The quantitative estimate of drug-likeness (QED) is 0.316. The molecule has 1 aliphatic rings. The van der Waals surface area contributed by atoms with Gasteiger partial charge in [0.15, 0.2) is 5.13 Å². The lowest BCUT2D eigenvalue weighted by Gasteiger charge is -2.28. The summed E-state index contributed by atoms with van der Waals surface area (Å²) in [6, 6.07) is 14.4. The summed E-state index contributed by atoms with van der Waals surface area (Å²) in [6.07, 6.45) is 2.65. The highest BCUT2D eigenvalue weighted by molar-refractivity contribution is 7.89. The van der Waals surface area contributed by atoms with E-state index in [1.165, 1.54) is 39.9 Å². The lowest BCUT2D eigenvalue weighted by Crippen LogP contribution is -2.47.